The molecule has 1 atom stereocenters. The molecule has 0 radical (unpaired) electrons. The molecule has 0 unspecified atom stereocenters. The number of hydrogen-bond acceptors (Lipinski definition) is 6. The zero-order chi connectivity index (χ0) is 24.9. The minimum Gasteiger partial charge on any atom is -0.351 e. The third kappa shape index (κ3) is 4.82. The highest BCUT2D eigenvalue weighted by molar-refractivity contribution is 5.94. The molecular formula is C28H28N8. The van der Waals surface area contributed by atoms with E-state index in [9.17, 15) is 5.26 Å². The van der Waals surface area contributed by atoms with Gasteiger partial charge in [0, 0.05) is 36.8 Å². The van der Waals surface area contributed by atoms with E-state index in [4.69, 9.17) is 4.99 Å². The fourth-order valence-corrected chi connectivity index (χ4v) is 4.62. The molecule has 0 aliphatic carbocycles. The molecule has 1 aliphatic rings. The van der Waals surface area contributed by atoms with E-state index in [1.165, 1.54) is 0 Å². The Morgan fingerprint density at radius 1 is 1.00 bits per heavy atom. The van der Waals surface area contributed by atoms with E-state index in [-0.39, 0.29) is 6.04 Å². The third-order valence-electron chi connectivity index (χ3n) is 6.52. The van der Waals surface area contributed by atoms with Crippen LogP contribution in [0.25, 0.3) is 22.2 Å². The summed E-state index contributed by atoms with van der Waals surface area (Å²) >= 11 is 0. The van der Waals surface area contributed by atoms with Crippen LogP contribution in [0.4, 0.5) is 11.5 Å². The zero-order valence-corrected chi connectivity index (χ0v) is 20.4. The molecule has 8 heteroatoms. The molecule has 1 fully saturated rings. The van der Waals surface area contributed by atoms with Crippen LogP contribution in [-0.2, 0) is 0 Å². The van der Waals surface area contributed by atoms with Crippen molar-refractivity contribution >= 4 is 28.4 Å². The SMILES string of the molecule is CC(C)[C@@H]1CN(c2ccc(-c3ccccc3)nn2)CCN1C(=Nc1cccc2ncccc12)NC#N. The smallest absolute Gasteiger partial charge is 0.213 e. The number of fused-ring (bicyclic) bond motifs is 1. The number of aromatic nitrogens is 3. The normalized spacial score (nSPS) is 16.3. The Morgan fingerprint density at radius 2 is 1.86 bits per heavy atom. The van der Waals surface area contributed by atoms with E-state index in [1.807, 2.05) is 72.8 Å². The van der Waals surface area contributed by atoms with Crippen LogP contribution in [0.5, 0.6) is 0 Å². The van der Waals surface area contributed by atoms with Crippen molar-refractivity contribution in [3.05, 3.63) is 79.0 Å². The summed E-state index contributed by atoms with van der Waals surface area (Å²) < 4.78 is 0. The lowest BCUT2D eigenvalue weighted by molar-refractivity contribution is 0.220. The van der Waals surface area contributed by atoms with E-state index in [2.05, 4.69) is 50.3 Å². The number of nitrogens with one attached hydrogen (secondary N) is 1. The minimum absolute atomic E-state index is 0.127. The number of piperazine rings is 1. The van der Waals surface area contributed by atoms with Crippen molar-refractivity contribution in [2.45, 2.75) is 19.9 Å². The number of nitriles is 1. The van der Waals surface area contributed by atoms with Gasteiger partial charge in [-0.1, -0.05) is 50.2 Å². The quantitative estimate of drug-likeness (QED) is 0.199. The van der Waals surface area contributed by atoms with Crippen LogP contribution < -0.4 is 10.2 Å². The average molecular weight is 477 g/mol. The number of pyridine rings is 1. The number of benzene rings is 2. The summed E-state index contributed by atoms with van der Waals surface area (Å²) in [5.74, 6) is 1.73. The Labute approximate surface area is 210 Å². The molecule has 0 amide bonds. The van der Waals surface area contributed by atoms with Gasteiger partial charge in [-0.25, -0.2) is 4.99 Å². The predicted molar refractivity (Wildman–Crippen MR) is 143 cm³/mol. The molecule has 1 saturated heterocycles. The summed E-state index contributed by atoms with van der Waals surface area (Å²) in [7, 11) is 0. The number of guanidine groups is 1. The van der Waals surface area contributed by atoms with E-state index in [0.29, 0.717) is 18.4 Å². The maximum atomic E-state index is 9.52. The van der Waals surface area contributed by atoms with Crippen molar-refractivity contribution in [1.82, 2.24) is 25.4 Å². The van der Waals surface area contributed by atoms with Crippen LogP contribution in [0.2, 0.25) is 0 Å². The summed E-state index contributed by atoms with van der Waals surface area (Å²) in [5.41, 5.74) is 3.56. The van der Waals surface area contributed by atoms with Crippen LogP contribution in [0.1, 0.15) is 13.8 Å². The third-order valence-corrected chi connectivity index (χ3v) is 6.52. The first-order chi connectivity index (χ1) is 17.6. The fourth-order valence-electron chi connectivity index (χ4n) is 4.62. The van der Waals surface area contributed by atoms with Crippen LogP contribution in [0.3, 0.4) is 0 Å². The topological polar surface area (TPSA) is 93.3 Å². The Hall–Kier alpha value is -4.51. The monoisotopic (exact) mass is 476 g/mol. The molecule has 0 bridgehead atoms. The summed E-state index contributed by atoms with van der Waals surface area (Å²) in [5, 5.41) is 22.3. The second-order valence-electron chi connectivity index (χ2n) is 9.11. The van der Waals surface area contributed by atoms with E-state index < -0.39 is 0 Å². The van der Waals surface area contributed by atoms with Gasteiger partial charge in [-0.15, -0.1) is 10.2 Å². The molecule has 0 spiro atoms. The van der Waals surface area contributed by atoms with Gasteiger partial charge in [0.15, 0.2) is 12.0 Å². The number of hydrogen-bond donors (Lipinski definition) is 1. The van der Waals surface area contributed by atoms with Gasteiger partial charge < -0.3 is 9.80 Å². The van der Waals surface area contributed by atoms with Crippen molar-refractivity contribution in [2.75, 3.05) is 24.5 Å². The Kier molecular flexibility index (Phi) is 6.72. The Balaban J connectivity index is 1.41. The van der Waals surface area contributed by atoms with Gasteiger partial charge in [0.2, 0.25) is 5.96 Å². The van der Waals surface area contributed by atoms with Gasteiger partial charge in [0.25, 0.3) is 0 Å². The van der Waals surface area contributed by atoms with E-state index >= 15 is 0 Å². The minimum atomic E-state index is 0.127. The summed E-state index contributed by atoms with van der Waals surface area (Å²) in [6, 6.07) is 24.0. The number of anilines is 1. The van der Waals surface area contributed by atoms with Crippen LogP contribution in [0, 0.1) is 17.4 Å². The fraction of sp³-hybridized carbons (Fsp3) is 0.250. The van der Waals surface area contributed by atoms with Gasteiger partial charge in [0.1, 0.15) is 0 Å². The average Bonchev–Trinajstić information content (AvgIpc) is 2.93. The first-order valence-corrected chi connectivity index (χ1v) is 12.1. The molecule has 36 heavy (non-hydrogen) atoms. The second kappa shape index (κ2) is 10.4. The molecule has 0 saturated carbocycles. The Bertz CT molecular complexity index is 1390. The first-order valence-electron chi connectivity index (χ1n) is 12.1. The van der Waals surface area contributed by atoms with Crippen molar-refractivity contribution in [3.63, 3.8) is 0 Å². The molecule has 1 N–H and O–H groups in total. The summed E-state index contributed by atoms with van der Waals surface area (Å²) in [6.07, 6.45) is 3.85. The van der Waals surface area contributed by atoms with E-state index in [1.54, 1.807) is 6.20 Å². The van der Waals surface area contributed by atoms with Crippen molar-refractivity contribution in [1.29, 1.82) is 5.26 Å². The highest BCUT2D eigenvalue weighted by Crippen LogP contribution is 2.27. The predicted octanol–water partition coefficient (Wildman–Crippen LogP) is 4.60. The van der Waals surface area contributed by atoms with Gasteiger partial charge in [0.05, 0.1) is 22.9 Å². The van der Waals surface area contributed by atoms with Crippen molar-refractivity contribution in [3.8, 4) is 17.5 Å². The summed E-state index contributed by atoms with van der Waals surface area (Å²) in [4.78, 5) is 13.8. The first kappa shape index (κ1) is 23.2. The van der Waals surface area contributed by atoms with Crippen LogP contribution in [-0.4, -0.2) is 51.7 Å². The Morgan fingerprint density at radius 3 is 2.61 bits per heavy atom. The molecule has 4 aromatic rings. The van der Waals surface area contributed by atoms with Crippen molar-refractivity contribution in [2.24, 2.45) is 10.9 Å². The standard InChI is InChI=1S/C28H28N8/c1-20(2)26-18-35(27-14-13-23(33-34-27)21-8-4-3-5-9-21)16-17-36(26)28(31-19-29)32-25-12-6-11-24-22(25)10-7-15-30-24/h3-15,20,26H,16-18H2,1-2H3,(H,31,32)/t26-/m0/s1. The number of nitrogens with zero attached hydrogens (tertiary/aromatic N) is 7. The molecule has 1 aliphatic heterocycles. The summed E-state index contributed by atoms with van der Waals surface area (Å²) in [6.45, 7) is 6.57. The van der Waals surface area contributed by atoms with E-state index in [0.717, 1.165) is 46.8 Å². The molecule has 3 heterocycles. The number of aliphatic imine (C=N–C) groups is 1. The van der Waals surface area contributed by atoms with Gasteiger partial charge in [-0.05, 0) is 42.3 Å². The van der Waals surface area contributed by atoms with Gasteiger partial charge in [-0.2, -0.15) is 5.26 Å². The van der Waals surface area contributed by atoms with Crippen molar-refractivity contribution < 1.29 is 0 Å². The molecule has 180 valence electrons. The largest absolute Gasteiger partial charge is 0.351 e. The van der Waals surface area contributed by atoms with Gasteiger partial charge >= 0.3 is 0 Å². The molecular weight excluding hydrogens is 448 g/mol. The molecule has 5 rings (SSSR count). The van der Waals surface area contributed by atoms with Gasteiger partial charge in [-0.3, -0.25) is 10.3 Å². The lowest BCUT2D eigenvalue weighted by Crippen LogP contribution is -2.59. The van der Waals surface area contributed by atoms with Crippen LogP contribution in [0.15, 0.2) is 84.0 Å². The second-order valence-corrected chi connectivity index (χ2v) is 9.11. The molecule has 2 aromatic heterocycles. The molecule has 8 nitrogen and oxygen atoms in total. The molecule has 2 aromatic carbocycles. The maximum absolute atomic E-state index is 9.52. The highest BCUT2D eigenvalue weighted by Gasteiger charge is 2.32. The lowest BCUT2D eigenvalue weighted by atomic mass is 9.99. The zero-order valence-electron chi connectivity index (χ0n) is 20.4. The van der Waals surface area contributed by atoms with Crippen LogP contribution >= 0.6 is 0 Å². The highest BCUT2D eigenvalue weighted by atomic mass is 15.4. The maximum Gasteiger partial charge on any atom is 0.213 e. The number of rotatable bonds is 4. The lowest BCUT2D eigenvalue weighted by Gasteiger charge is -2.44.